The SMILES string of the molecule is O=C1CNC(=O)N1c1ccc(C(F)(F)F)cc1S. The summed E-state index contributed by atoms with van der Waals surface area (Å²) in [6.45, 7) is -0.174. The van der Waals surface area contributed by atoms with Crippen LogP contribution in [0.3, 0.4) is 0 Å². The molecule has 0 bridgehead atoms. The topological polar surface area (TPSA) is 49.4 Å². The minimum Gasteiger partial charge on any atom is -0.328 e. The molecule has 1 heterocycles. The Hall–Kier alpha value is -1.70. The largest absolute Gasteiger partial charge is 0.416 e. The minimum atomic E-state index is -4.49. The first-order valence-electron chi connectivity index (χ1n) is 4.81. The van der Waals surface area contributed by atoms with Gasteiger partial charge in [-0.1, -0.05) is 0 Å². The normalized spacial score (nSPS) is 16.1. The van der Waals surface area contributed by atoms with E-state index in [1.807, 2.05) is 0 Å². The Morgan fingerprint density at radius 3 is 2.39 bits per heavy atom. The summed E-state index contributed by atoms with van der Waals surface area (Å²) in [6.07, 6.45) is -4.49. The summed E-state index contributed by atoms with van der Waals surface area (Å²) >= 11 is 3.88. The number of thiol groups is 1. The van der Waals surface area contributed by atoms with Crippen molar-refractivity contribution in [3.63, 3.8) is 0 Å². The number of anilines is 1. The first-order chi connectivity index (χ1) is 8.30. The number of hydrogen-bond donors (Lipinski definition) is 2. The summed E-state index contributed by atoms with van der Waals surface area (Å²) in [5.41, 5.74) is -0.852. The van der Waals surface area contributed by atoms with Crippen LogP contribution < -0.4 is 10.2 Å². The van der Waals surface area contributed by atoms with Crippen molar-refractivity contribution in [3.05, 3.63) is 23.8 Å². The molecule has 0 radical (unpaired) electrons. The van der Waals surface area contributed by atoms with E-state index in [0.29, 0.717) is 0 Å². The van der Waals surface area contributed by atoms with Gasteiger partial charge in [0.15, 0.2) is 0 Å². The van der Waals surface area contributed by atoms with Crippen LogP contribution in [-0.2, 0) is 11.0 Å². The van der Waals surface area contributed by atoms with Gasteiger partial charge < -0.3 is 5.32 Å². The highest BCUT2D eigenvalue weighted by atomic mass is 32.1. The summed E-state index contributed by atoms with van der Waals surface area (Å²) in [7, 11) is 0. The molecule has 0 saturated carbocycles. The molecule has 0 aromatic heterocycles. The third-order valence-electron chi connectivity index (χ3n) is 2.39. The second kappa shape index (κ2) is 4.20. The fourth-order valence-corrected chi connectivity index (χ4v) is 1.87. The summed E-state index contributed by atoms with van der Waals surface area (Å²) in [5, 5.41) is 2.27. The zero-order valence-electron chi connectivity index (χ0n) is 8.78. The Morgan fingerprint density at radius 1 is 1.28 bits per heavy atom. The van der Waals surface area contributed by atoms with E-state index in [-0.39, 0.29) is 17.1 Å². The molecular formula is C10H7F3N2O2S. The number of carbonyl (C=O) groups excluding carboxylic acids is 2. The summed E-state index contributed by atoms with van der Waals surface area (Å²) in [4.78, 5) is 23.4. The molecule has 4 nitrogen and oxygen atoms in total. The van der Waals surface area contributed by atoms with Crippen LogP contribution in [0.2, 0.25) is 0 Å². The number of rotatable bonds is 1. The van der Waals surface area contributed by atoms with Crippen molar-refractivity contribution in [2.75, 3.05) is 11.4 Å². The van der Waals surface area contributed by atoms with E-state index in [9.17, 15) is 22.8 Å². The average Bonchev–Trinajstić information content (AvgIpc) is 2.58. The van der Waals surface area contributed by atoms with Crippen LogP contribution in [-0.4, -0.2) is 18.5 Å². The van der Waals surface area contributed by atoms with E-state index in [0.717, 1.165) is 23.1 Å². The molecule has 1 fully saturated rings. The minimum absolute atomic E-state index is 0.0336. The van der Waals surface area contributed by atoms with Crippen molar-refractivity contribution < 1.29 is 22.8 Å². The van der Waals surface area contributed by atoms with Crippen LogP contribution >= 0.6 is 12.6 Å². The van der Waals surface area contributed by atoms with Crippen molar-refractivity contribution >= 4 is 30.3 Å². The maximum Gasteiger partial charge on any atom is 0.416 e. The molecule has 1 saturated heterocycles. The number of halogens is 3. The maximum atomic E-state index is 12.4. The lowest BCUT2D eigenvalue weighted by Crippen LogP contribution is -2.31. The molecule has 1 aromatic carbocycles. The molecule has 3 amide bonds. The summed E-state index contributed by atoms with van der Waals surface area (Å²) in [6, 6.07) is 1.95. The second-order valence-corrected chi connectivity index (χ2v) is 4.07. The van der Waals surface area contributed by atoms with Gasteiger partial charge in [-0.05, 0) is 18.2 Å². The Kier molecular flexibility index (Phi) is 2.97. The van der Waals surface area contributed by atoms with Crippen LogP contribution in [0.1, 0.15) is 5.56 Å². The average molecular weight is 276 g/mol. The van der Waals surface area contributed by atoms with Gasteiger partial charge in [0.1, 0.15) is 0 Å². The third-order valence-corrected chi connectivity index (χ3v) is 2.75. The number of nitrogens with zero attached hydrogens (tertiary/aromatic N) is 1. The fraction of sp³-hybridized carbons (Fsp3) is 0.200. The van der Waals surface area contributed by atoms with Crippen molar-refractivity contribution in [1.82, 2.24) is 5.32 Å². The third kappa shape index (κ3) is 2.15. The van der Waals surface area contributed by atoms with Gasteiger partial charge >= 0.3 is 12.2 Å². The Bertz CT molecular complexity index is 514. The van der Waals surface area contributed by atoms with E-state index >= 15 is 0 Å². The molecule has 0 unspecified atom stereocenters. The van der Waals surface area contributed by atoms with Gasteiger partial charge in [0, 0.05) is 4.90 Å². The number of imide groups is 1. The number of amides is 3. The van der Waals surface area contributed by atoms with Crippen molar-refractivity contribution in [2.45, 2.75) is 11.1 Å². The first kappa shape index (κ1) is 12.7. The number of nitrogens with one attached hydrogen (secondary N) is 1. The molecule has 1 aliphatic heterocycles. The molecular weight excluding hydrogens is 269 g/mol. The fourth-order valence-electron chi connectivity index (χ4n) is 1.56. The maximum absolute atomic E-state index is 12.4. The van der Waals surface area contributed by atoms with Crippen LogP contribution in [0.25, 0.3) is 0 Å². The number of alkyl halides is 3. The Morgan fingerprint density at radius 2 is 1.94 bits per heavy atom. The van der Waals surface area contributed by atoms with E-state index in [4.69, 9.17) is 0 Å². The molecule has 1 aromatic rings. The van der Waals surface area contributed by atoms with Gasteiger partial charge in [-0.25, -0.2) is 9.69 Å². The highest BCUT2D eigenvalue weighted by Crippen LogP contribution is 2.34. The number of benzene rings is 1. The second-order valence-electron chi connectivity index (χ2n) is 3.59. The lowest BCUT2D eigenvalue weighted by atomic mass is 10.2. The van der Waals surface area contributed by atoms with Crippen LogP contribution in [0.4, 0.5) is 23.7 Å². The molecule has 0 atom stereocenters. The predicted molar refractivity (Wildman–Crippen MR) is 59.6 cm³/mol. The Balaban J connectivity index is 2.42. The monoisotopic (exact) mass is 276 g/mol. The van der Waals surface area contributed by atoms with Crippen LogP contribution in [0, 0.1) is 0 Å². The molecule has 18 heavy (non-hydrogen) atoms. The first-order valence-corrected chi connectivity index (χ1v) is 5.26. The zero-order chi connectivity index (χ0) is 13.5. The molecule has 96 valence electrons. The van der Waals surface area contributed by atoms with Gasteiger partial charge in [0.25, 0.3) is 5.91 Å². The van der Waals surface area contributed by atoms with E-state index in [1.54, 1.807) is 0 Å². The molecule has 0 spiro atoms. The molecule has 2 rings (SSSR count). The van der Waals surface area contributed by atoms with Gasteiger partial charge in [-0.3, -0.25) is 4.79 Å². The van der Waals surface area contributed by atoms with Gasteiger partial charge in [0.05, 0.1) is 17.8 Å². The van der Waals surface area contributed by atoms with Crippen LogP contribution in [0.5, 0.6) is 0 Å². The zero-order valence-corrected chi connectivity index (χ0v) is 9.68. The molecule has 0 aliphatic carbocycles. The number of carbonyl (C=O) groups is 2. The lowest BCUT2D eigenvalue weighted by Gasteiger charge is -2.16. The Labute approximate surface area is 105 Å². The number of hydrogen-bond acceptors (Lipinski definition) is 3. The van der Waals surface area contributed by atoms with Crippen LogP contribution in [0.15, 0.2) is 23.1 Å². The van der Waals surface area contributed by atoms with E-state index in [1.165, 1.54) is 0 Å². The smallest absolute Gasteiger partial charge is 0.328 e. The lowest BCUT2D eigenvalue weighted by molar-refractivity contribution is -0.137. The summed E-state index contributed by atoms with van der Waals surface area (Å²) in [5.74, 6) is -0.532. The van der Waals surface area contributed by atoms with E-state index in [2.05, 4.69) is 17.9 Å². The molecule has 8 heteroatoms. The quantitative estimate of drug-likeness (QED) is 0.609. The van der Waals surface area contributed by atoms with Gasteiger partial charge in [-0.15, -0.1) is 12.6 Å². The van der Waals surface area contributed by atoms with Crippen molar-refractivity contribution in [1.29, 1.82) is 0 Å². The highest BCUT2D eigenvalue weighted by Gasteiger charge is 2.34. The van der Waals surface area contributed by atoms with E-state index < -0.39 is 23.7 Å². The van der Waals surface area contributed by atoms with Crippen molar-refractivity contribution in [2.24, 2.45) is 0 Å². The molecule has 1 N–H and O–H groups in total. The highest BCUT2D eigenvalue weighted by molar-refractivity contribution is 7.80. The van der Waals surface area contributed by atoms with Gasteiger partial charge in [0.2, 0.25) is 0 Å². The molecule has 1 aliphatic rings. The summed E-state index contributed by atoms with van der Waals surface area (Å²) < 4.78 is 37.3. The number of urea groups is 1. The van der Waals surface area contributed by atoms with Gasteiger partial charge in [-0.2, -0.15) is 13.2 Å². The predicted octanol–water partition coefficient (Wildman–Crippen LogP) is 2.05. The standard InChI is InChI=1S/C10H7F3N2O2S/c11-10(12,13)5-1-2-6(7(18)3-5)15-8(16)4-14-9(15)17/h1-3,18H,4H2,(H,14,17). The van der Waals surface area contributed by atoms with Crippen molar-refractivity contribution in [3.8, 4) is 0 Å².